The van der Waals surface area contributed by atoms with E-state index in [0.717, 1.165) is 12.2 Å². The zero-order valence-corrected chi connectivity index (χ0v) is 15.6. The molecule has 0 saturated heterocycles. The Kier molecular flexibility index (Phi) is 5.98. The minimum absolute atomic E-state index is 0.0327. The van der Waals surface area contributed by atoms with Crippen molar-refractivity contribution in [2.45, 2.75) is 13.0 Å². The van der Waals surface area contributed by atoms with Gasteiger partial charge < -0.3 is 24.2 Å². The van der Waals surface area contributed by atoms with Crippen molar-refractivity contribution in [1.82, 2.24) is 15.2 Å². The van der Waals surface area contributed by atoms with Crippen molar-refractivity contribution in [3.8, 4) is 23.1 Å². The highest BCUT2D eigenvalue weighted by atomic mass is 32.2. The molecule has 1 aromatic carbocycles. The first-order valence-corrected chi connectivity index (χ1v) is 8.58. The van der Waals surface area contributed by atoms with Crippen molar-refractivity contribution in [3.05, 3.63) is 42.4 Å². The fourth-order valence-electron chi connectivity index (χ4n) is 2.10. The zero-order valence-electron chi connectivity index (χ0n) is 14.8. The van der Waals surface area contributed by atoms with E-state index < -0.39 is 13.0 Å². The largest absolute Gasteiger partial charge is 0.573 e. The third-order valence-corrected chi connectivity index (χ3v) is 4.08. The number of alkyl halides is 3. The highest BCUT2D eigenvalue weighted by Crippen LogP contribution is 2.30. The smallest absolute Gasteiger partial charge is 0.417 e. The molecule has 13 heteroatoms. The Morgan fingerprint density at radius 1 is 1.21 bits per heavy atom. The standard InChI is InChI=1S/C16H14F3N5O4S/c1-24(9-2-4-10(5-3-9)27-16(17,18)19)29-28-11-6-12(20)14(21-7-11)15-23-22-13(8-25)26-15/h2-7,25H,8,20H2,1H3. The molecule has 0 atom stereocenters. The van der Waals surface area contributed by atoms with Gasteiger partial charge in [0.1, 0.15) is 12.4 Å². The summed E-state index contributed by atoms with van der Waals surface area (Å²) in [5, 5.41) is 16.3. The van der Waals surface area contributed by atoms with Gasteiger partial charge in [0.2, 0.25) is 5.89 Å². The third-order valence-electron chi connectivity index (χ3n) is 3.38. The topological polar surface area (TPSA) is 120 Å². The first-order chi connectivity index (χ1) is 13.7. The molecule has 154 valence electrons. The molecule has 3 rings (SSSR count). The second kappa shape index (κ2) is 8.45. The fraction of sp³-hybridized carbons (Fsp3) is 0.188. The van der Waals surface area contributed by atoms with Crippen LogP contribution < -0.4 is 19.0 Å². The van der Waals surface area contributed by atoms with Crippen LogP contribution in [0.2, 0.25) is 0 Å². The second-order valence-electron chi connectivity index (χ2n) is 5.46. The summed E-state index contributed by atoms with van der Waals surface area (Å²) in [6, 6.07) is 6.77. The molecule has 0 bridgehead atoms. The van der Waals surface area contributed by atoms with Gasteiger partial charge in [-0.3, -0.25) is 4.31 Å². The van der Waals surface area contributed by atoms with E-state index in [0.29, 0.717) is 11.4 Å². The number of aliphatic hydroxyl groups excluding tert-OH is 1. The molecule has 9 nitrogen and oxygen atoms in total. The van der Waals surface area contributed by atoms with Crippen LogP contribution in [0.5, 0.6) is 11.5 Å². The highest BCUT2D eigenvalue weighted by Gasteiger charge is 2.31. The van der Waals surface area contributed by atoms with Gasteiger partial charge in [-0.15, -0.1) is 23.4 Å². The van der Waals surface area contributed by atoms with Gasteiger partial charge in [-0.1, -0.05) is 0 Å². The Labute approximate surface area is 166 Å². The van der Waals surface area contributed by atoms with Gasteiger partial charge in [0.15, 0.2) is 23.7 Å². The molecular weight excluding hydrogens is 415 g/mol. The first-order valence-electron chi connectivity index (χ1n) is 7.88. The molecule has 0 aliphatic heterocycles. The molecule has 0 spiro atoms. The summed E-state index contributed by atoms with van der Waals surface area (Å²) in [5.74, 6) is 0.0925. The molecule has 0 unspecified atom stereocenters. The van der Waals surface area contributed by atoms with Crippen LogP contribution in [0, 0.1) is 0 Å². The number of rotatable bonds is 7. The van der Waals surface area contributed by atoms with E-state index in [1.165, 1.54) is 36.5 Å². The molecule has 0 aliphatic rings. The van der Waals surface area contributed by atoms with E-state index in [1.807, 2.05) is 0 Å². The lowest BCUT2D eigenvalue weighted by Gasteiger charge is -2.17. The number of nitrogen functional groups attached to an aromatic ring is 1. The number of aliphatic hydroxyl groups is 1. The maximum absolute atomic E-state index is 12.2. The van der Waals surface area contributed by atoms with Crippen LogP contribution in [0.15, 0.2) is 40.9 Å². The quantitative estimate of drug-likeness (QED) is 0.428. The lowest BCUT2D eigenvalue weighted by atomic mass is 10.3. The Morgan fingerprint density at radius 3 is 2.52 bits per heavy atom. The van der Waals surface area contributed by atoms with Crippen LogP contribution in [0.4, 0.5) is 24.5 Å². The fourth-order valence-corrected chi connectivity index (χ4v) is 2.60. The van der Waals surface area contributed by atoms with Crippen molar-refractivity contribution in [3.63, 3.8) is 0 Å². The summed E-state index contributed by atoms with van der Waals surface area (Å²) in [4.78, 5) is 4.11. The molecule has 3 N–H and O–H groups in total. The summed E-state index contributed by atoms with van der Waals surface area (Å²) in [7, 11) is 1.66. The molecule has 29 heavy (non-hydrogen) atoms. The van der Waals surface area contributed by atoms with E-state index in [9.17, 15) is 13.2 Å². The van der Waals surface area contributed by atoms with E-state index in [2.05, 4.69) is 19.9 Å². The van der Waals surface area contributed by atoms with Crippen LogP contribution in [0.1, 0.15) is 5.89 Å². The van der Waals surface area contributed by atoms with E-state index >= 15 is 0 Å². The highest BCUT2D eigenvalue weighted by molar-refractivity contribution is 7.96. The monoisotopic (exact) mass is 429 g/mol. The minimum atomic E-state index is -4.74. The van der Waals surface area contributed by atoms with Gasteiger partial charge in [-0.25, -0.2) is 4.98 Å². The normalized spacial score (nSPS) is 11.3. The van der Waals surface area contributed by atoms with Gasteiger partial charge in [-0.05, 0) is 24.3 Å². The number of anilines is 2. The van der Waals surface area contributed by atoms with E-state index in [-0.39, 0.29) is 28.9 Å². The van der Waals surface area contributed by atoms with Gasteiger partial charge in [0.05, 0.1) is 11.9 Å². The zero-order chi connectivity index (χ0) is 21.0. The third kappa shape index (κ3) is 5.42. The SMILES string of the molecule is CN(SOc1cnc(-c2nnc(CO)o2)c(N)c1)c1ccc(OC(F)(F)F)cc1. The average Bonchev–Trinajstić information content (AvgIpc) is 3.14. The number of benzene rings is 1. The molecule has 0 fully saturated rings. The predicted octanol–water partition coefficient (Wildman–Crippen LogP) is 3.18. The van der Waals surface area contributed by atoms with Crippen molar-refractivity contribution in [2.75, 3.05) is 17.1 Å². The molecule has 2 aromatic heterocycles. The number of halogens is 3. The van der Waals surface area contributed by atoms with Crippen molar-refractivity contribution in [1.29, 1.82) is 0 Å². The lowest BCUT2D eigenvalue weighted by Crippen LogP contribution is -2.17. The number of aromatic nitrogens is 3. The first kappa shape index (κ1) is 20.5. The molecule has 0 saturated carbocycles. The van der Waals surface area contributed by atoms with Crippen LogP contribution in [0.3, 0.4) is 0 Å². The Balaban J connectivity index is 1.61. The Hall–Kier alpha value is -3.19. The molecule has 2 heterocycles. The van der Waals surface area contributed by atoms with Gasteiger partial charge in [-0.2, -0.15) is 0 Å². The Bertz CT molecular complexity index is 968. The van der Waals surface area contributed by atoms with Crippen LogP contribution in [-0.2, 0) is 6.61 Å². The summed E-state index contributed by atoms with van der Waals surface area (Å²) < 4.78 is 52.7. The second-order valence-corrected chi connectivity index (χ2v) is 6.33. The molecule has 0 radical (unpaired) electrons. The summed E-state index contributed by atoms with van der Waals surface area (Å²) >= 11 is 0.910. The summed E-state index contributed by atoms with van der Waals surface area (Å²) in [5.41, 5.74) is 6.96. The summed E-state index contributed by atoms with van der Waals surface area (Å²) in [6.07, 6.45) is -3.36. The van der Waals surface area contributed by atoms with E-state index in [1.54, 1.807) is 11.4 Å². The van der Waals surface area contributed by atoms with E-state index in [4.69, 9.17) is 19.4 Å². The predicted molar refractivity (Wildman–Crippen MR) is 97.6 cm³/mol. The average molecular weight is 429 g/mol. The van der Waals surface area contributed by atoms with Crippen molar-refractivity contribution >= 4 is 23.6 Å². The van der Waals surface area contributed by atoms with Crippen LogP contribution >= 0.6 is 12.2 Å². The number of hydrogen-bond acceptors (Lipinski definition) is 10. The molecular formula is C16H14F3N5O4S. The minimum Gasteiger partial charge on any atom is -0.417 e. The van der Waals surface area contributed by atoms with Gasteiger partial charge >= 0.3 is 6.36 Å². The maximum Gasteiger partial charge on any atom is 0.573 e. The lowest BCUT2D eigenvalue weighted by molar-refractivity contribution is -0.274. The maximum atomic E-state index is 12.2. The number of hydrogen-bond donors (Lipinski definition) is 2. The Morgan fingerprint density at radius 2 is 1.93 bits per heavy atom. The van der Waals surface area contributed by atoms with Gasteiger partial charge in [0, 0.05) is 18.8 Å². The molecule has 0 amide bonds. The van der Waals surface area contributed by atoms with Crippen molar-refractivity contribution < 1.29 is 31.6 Å². The number of pyridine rings is 1. The molecule has 0 aliphatic carbocycles. The summed E-state index contributed by atoms with van der Waals surface area (Å²) in [6.45, 7) is -0.402. The van der Waals surface area contributed by atoms with Crippen LogP contribution in [-0.4, -0.2) is 33.7 Å². The van der Waals surface area contributed by atoms with Crippen LogP contribution in [0.25, 0.3) is 11.6 Å². The number of ether oxygens (including phenoxy) is 1. The molecule has 3 aromatic rings. The number of nitrogens with zero attached hydrogens (tertiary/aromatic N) is 4. The van der Waals surface area contributed by atoms with Gasteiger partial charge in [0.25, 0.3) is 5.89 Å². The van der Waals surface area contributed by atoms with Crippen molar-refractivity contribution in [2.24, 2.45) is 0 Å². The number of nitrogens with two attached hydrogens (primary N) is 1.